The molecule has 2 fully saturated rings. The lowest BCUT2D eigenvalue weighted by molar-refractivity contribution is 0.0183. The number of amides is 1. The van der Waals surface area contributed by atoms with Crippen molar-refractivity contribution in [2.24, 2.45) is 5.92 Å². The molecule has 0 radical (unpaired) electrons. The van der Waals surface area contributed by atoms with E-state index in [2.05, 4.69) is 17.1 Å². The van der Waals surface area contributed by atoms with Crippen molar-refractivity contribution in [2.75, 3.05) is 39.3 Å². The maximum absolute atomic E-state index is 12.1. The number of ether oxygens (including phenoxy) is 1. The molecule has 2 aliphatic rings. The molecule has 134 valence electrons. The maximum atomic E-state index is 12.1. The molecule has 2 aliphatic heterocycles. The molecule has 0 saturated carbocycles. The van der Waals surface area contributed by atoms with Crippen molar-refractivity contribution in [3.8, 4) is 0 Å². The second-order valence-electron chi connectivity index (χ2n) is 8.23. The lowest BCUT2D eigenvalue weighted by Gasteiger charge is -2.34. The van der Waals surface area contributed by atoms with Gasteiger partial charge >= 0.3 is 6.09 Å². The molecule has 23 heavy (non-hydrogen) atoms. The molecule has 1 unspecified atom stereocenters. The average Bonchev–Trinajstić information content (AvgIpc) is 2.97. The van der Waals surface area contributed by atoms with Crippen LogP contribution >= 0.6 is 0 Å². The molecule has 1 atom stereocenters. The van der Waals surface area contributed by atoms with Crippen LogP contribution in [0.2, 0.25) is 0 Å². The van der Waals surface area contributed by atoms with Gasteiger partial charge in [-0.25, -0.2) is 4.79 Å². The minimum atomic E-state index is -0.402. The number of hydrogen-bond donors (Lipinski definition) is 1. The van der Waals surface area contributed by atoms with Gasteiger partial charge in [0.2, 0.25) is 0 Å². The molecule has 0 aliphatic carbocycles. The van der Waals surface area contributed by atoms with Crippen molar-refractivity contribution in [2.45, 2.75) is 65.0 Å². The summed E-state index contributed by atoms with van der Waals surface area (Å²) >= 11 is 0. The highest BCUT2D eigenvalue weighted by Crippen LogP contribution is 2.19. The molecule has 0 aromatic heterocycles. The highest BCUT2D eigenvalue weighted by atomic mass is 16.6. The van der Waals surface area contributed by atoms with Crippen LogP contribution in [0, 0.1) is 5.92 Å². The Balaban J connectivity index is 1.61. The Hall–Kier alpha value is -0.810. The van der Waals surface area contributed by atoms with E-state index >= 15 is 0 Å². The largest absolute Gasteiger partial charge is 0.444 e. The van der Waals surface area contributed by atoms with Gasteiger partial charge in [0.25, 0.3) is 0 Å². The van der Waals surface area contributed by atoms with Crippen LogP contribution < -0.4 is 5.32 Å². The van der Waals surface area contributed by atoms with Crippen molar-refractivity contribution in [1.82, 2.24) is 15.1 Å². The van der Waals surface area contributed by atoms with Crippen LogP contribution in [-0.4, -0.2) is 66.8 Å². The summed E-state index contributed by atoms with van der Waals surface area (Å²) in [7, 11) is 0. The number of carbonyl (C=O) groups is 1. The van der Waals surface area contributed by atoms with E-state index in [1.54, 1.807) is 0 Å². The lowest BCUT2D eigenvalue weighted by atomic mass is 9.97. The standard InChI is InChI=1S/C18H35N3O2/c1-15(14-20-9-5-6-10-20)19-13-16-7-11-21(12-8-16)17(22)23-18(2,3)4/h15-16,19H,5-14H2,1-4H3. The van der Waals surface area contributed by atoms with Crippen molar-refractivity contribution in [1.29, 1.82) is 0 Å². The van der Waals surface area contributed by atoms with Crippen molar-refractivity contribution >= 4 is 6.09 Å². The summed E-state index contributed by atoms with van der Waals surface area (Å²) < 4.78 is 5.45. The lowest BCUT2D eigenvalue weighted by Crippen LogP contribution is -2.45. The van der Waals surface area contributed by atoms with E-state index < -0.39 is 5.60 Å². The van der Waals surface area contributed by atoms with Gasteiger partial charge in [0.15, 0.2) is 0 Å². The summed E-state index contributed by atoms with van der Waals surface area (Å²) in [4.78, 5) is 16.5. The van der Waals surface area contributed by atoms with E-state index in [1.165, 1.54) is 25.9 Å². The zero-order valence-corrected chi connectivity index (χ0v) is 15.4. The topological polar surface area (TPSA) is 44.8 Å². The summed E-state index contributed by atoms with van der Waals surface area (Å²) in [5, 5.41) is 3.69. The quantitative estimate of drug-likeness (QED) is 0.844. The van der Waals surface area contributed by atoms with Crippen LogP contribution in [0.25, 0.3) is 0 Å². The normalized spacial score (nSPS) is 22.3. The van der Waals surface area contributed by atoms with E-state index in [4.69, 9.17) is 4.74 Å². The molecular formula is C18H35N3O2. The maximum Gasteiger partial charge on any atom is 0.410 e. The van der Waals surface area contributed by atoms with Gasteiger partial charge in [-0.05, 0) is 78.9 Å². The van der Waals surface area contributed by atoms with Crippen LogP contribution in [-0.2, 0) is 4.74 Å². The van der Waals surface area contributed by atoms with Gasteiger partial charge < -0.3 is 19.9 Å². The Kier molecular flexibility index (Phi) is 6.72. The second-order valence-corrected chi connectivity index (χ2v) is 8.23. The molecule has 1 N–H and O–H groups in total. The van der Waals surface area contributed by atoms with E-state index in [0.717, 1.165) is 39.0 Å². The van der Waals surface area contributed by atoms with Crippen molar-refractivity contribution in [3.05, 3.63) is 0 Å². The predicted molar refractivity (Wildman–Crippen MR) is 93.7 cm³/mol. The van der Waals surface area contributed by atoms with Gasteiger partial charge in [-0.3, -0.25) is 0 Å². The number of nitrogens with one attached hydrogen (secondary N) is 1. The molecular weight excluding hydrogens is 290 g/mol. The van der Waals surface area contributed by atoms with E-state index in [-0.39, 0.29) is 6.09 Å². The van der Waals surface area contributed by atoms with Crippen LogP contribution in [0.4, 0.5) is 4.79 Å². The Morgan fingerprint density at radius 1 is 1.17 bits per heavy atom. The Morgan fingerprint density at radius 3 is 2.35 bits per heavy atom. The summed E-state index contributed by atoms with van der Waals surface area (Å²) in [5.74, 6) is 0.676. The summed E-state index contributed by atoms with van der Waals surface area (Å²) in [5.41, 5.74) is -0.402. The summed E-state index contributed by atoms with van der Waals surface area (Å²) in [6.45, 7) is 14.4. The molecule has 0 spiro atoms. The van der Waals surface area contributed by atoms with Gasteiger partial charge in [-0.2, -0.15) is 0 Å². The zero-order valence-electron chi connectivity index (χ0n) is 15.4. The number of nitrogens with zero attached hydrogens (tertiary/aromatic N) is 2. The third kappa shape index (κ3) is 6.68. The van der Waals surface area contributed by atoms with Gasteiger partial charge in [-0.1, -0.05) is 0 Å². The highest BCUT2D eigenvalue weighted by Gasteiger charge is 2.27. The van der Waals surface area contributed by atoms with E-state index in [0.29, 0.717) is 12.0 Å². The number of piperidine rings is 1. The molecule has 0 bridgehead atoms. The SMILES string of the molecule is CC(CN1CCCC1)NCC1CCN(C(=O)OC(C)(C)C)CC1. The molecule has 5 heteroatoms. The van der Waals surface area contributed by atoms with Gasteiger partial charge in [0, 0.05) is 25.7 Å². The van der Waals surface area contributed by atoms with Gasteiger partial charge in [0.05, 0.1) is 0 Å². The number of carbonyl (C=O) groups excluding carboxylic acids is 1. The number of rotatable bonds is 5. The van der Waals surface area contributed by atoms with Gasteiger partial charge in [-0.15, -0.1) is 0 Å². The van der Waals surface area contributed by atoms with E-state index in [9.17, 15) is 4.79 Å². The molecule has 2 heterocycles. The van der Waals surface area contributed by atoms with Crippen molar-refractivity contribution in [3.63, 3.8) is 0 Å². The first-order valence-corrected chi connectivity index (χ1v) is 9.27. The molecule has 2 rings (SSSR count). The molecule has 0 aromatic carbocycles. The van der Waals surface area contributed by atoms with Crippen LogP contribution in [0.3, 0.4) is 0 Å². The third-order valence-corrected chi connectivity index (χ3v) is 4.75. The minimum Gasteiger partial charge on any atom is -0.444 e. The van der Waals surface area contributed by atoms with Gasteiger partial charge in [0.1, 0.15) is 5.60 Å². The Labute approximate surface area is 141 Å². The van der Waals surface area contributed by atoms with E-state index in [1.807, 2.05) is 25.7 Å². The third-order valence-electron chi connectivity index (χ3n) is 4.75. The zero-order chi connectivity index (χ0) is 16.9. The number of hydrogen-bond acceptors (Lipinski definition) is 4. The molecule has 2 saturated heterocycles. The van der Waals surface area contributed by atoms with Crippen LogP contribution in [0.1, 0.15) is 53.4 Å². The fourth-order valence-electron chi connectivity index (χ4n) is 3.43. The first-order valence-electron chi connectivity index (χ1n) is 9.27. The molecule has 1 amide bonds. The summed E-state index contributed by atoms with van der Waals surface area (Å²) in [6.07, 6.45) is 4.70. The average molecular weight is 325 g/mol. The number of likely N-dealkylation sites (tertiary alicyclic amines) is 2. The smallest absolute Gasteiger partial charge is 0.410 e. The fraction of sp³-hybridized carbons (Fsp3) is 0.944. The first-order chi connectivity index (χ1) is 10.8. The molecule has 0 aromatic rings. The van der Waals surface area contributed by atoms with Crippen molar-refractivity contribution < 1.29 is 9.53 Å². The predicted octanol–water partition coefficient (Wildman–Crippen LogP) is 2.71. The molecule has 5 nitrogen and oxygen atoms in total. The monoisotopic (exact) mass is 325 g/mol. The second kappa shape index (κ2) is 8.34. The Morgan fingerprint density at radius 2 is 1.78 bits per heavy atom. The highest BCUT2D eigenvalue weighted by molar-refractivity contribution is 5.68. The Bertz CT molecular complexity index is 367. The van der Waals surface area contributed by atoms with Crippen LogP contribution in [0.15, 0.2) is 0 Å². The fourth-order valence-corrected chi connectivity index (χ4v) is 3.43. The minimum absolute atomic E-state index is 0.161. The summed E-state index contributed by atoms with van der Waals surface area (Å²) in [6, 6.07) is 0.553. The van der Waals surface area contributed by atoms with Crippen LogP contribution in [0.5, 0.6) is 0 Å². The first kappa shape index (κ1) is 18.5.